The Morgan fingerprint density at radius 2 is 2.00 bits per heavy atom. The topological polar surface area (TPSA) is 44.8 Å². The van der Waals surface area contributed by atoms with Gasteiger partial charge in [-0.3, -0.25) is 4.79 Å². The van der Waals surface area contributed by atoms with Gasteiger partial charge in [-0.25, -0.2) is 0 Å². The lowest BCUT2D eigenvalue weighted by atomic mass is 10.2. The van der Waals surface area contributed by atoms with Gasteiger partial charge in [0.2, 0.25) is 0 Å². The minimum atomic E-state index is -0.375. The molecule has 104 valence electrons. The van der Waals surface area contributed by atoms with E-state index in [0.717, 1.165) is 10.6 Å². The van der Waals surface area contributed by atoms with Gasteiger partial charge in [0.15, 0.2) is 11.5 Å². The van der Waals surface area contributed by atoms with Crippen molar-refractivity contribution < 1.29 is 19.0 Å². The number of ether oxygens (including phenoxy) is 3. The Kier molecular flexibility index (Phi) is 3.67. The maximum Gasteiger partial charge on any atom is 0.308 e. The van der Waals surface area contributed by atoms with E-state index >= 15 is 0 Å². The first-order valence-electron chi connectivity index (χ1n) is 6.13. The van der Waals surface area contributed by atoms with Crippen LogP contribution in [0.25, 0.3) is 0 Å². The molecule has 0 saturated carbocycles. The molecule has 1 heterocycles. The number of benzene rings is 1. The highest BCUT2D eigenvalue weighted by molar-refractivity contribution is 8.00. The van der Waals surface area contributed by atoms with Crippen LogP contribution in [0.15, 0.2) is 17.0 Å². The molecule has 0 aliphatic carbocycles. The maximum atomic E-state index is 11.2. The minimum Gasteiger partial charge on any atom is -0.484 e. The number of hydrogen-bond acceptors (Lipinski definition) is 5. The lowest BCUT2D eigenvalue weighted by Crippen LogP contribution is -2.23. The molecule has 19 heavy (non-hydrogen) atoms. The fourth-order valence-electron chi connectivity index (χ4n) is 1.73. The van der Waals surface area contributed by atoms with E-state index in [9.17, 15) is 4.79 Å². The average molecular weight is 282 g/mol. The zero-order valence-electron chi connectivity index (χ0n) is 11.8. The average Bonchev–Trinajstić information content (AvgIpc) is 2.54. The Balaban J connectivity index is 2.39. The normalized spacial score (nSPS) is 17.6. The monoisotopic (exact) mass is 282 g/mol. The van der Waals surface area contributed by atoms with Gasteiger partial charge in [0.25, 0.3) is 0 Å². The van der Waals surface area contributed by atoms with Crippen molar-refractivity contribution in [2.24, 2.45) is 0 Å². The molecular formula is C14H18O4S. The van der Waals surface area contributed by atoms with Gasteiger partial charge in [-0.2, -0.15) is 0 Å². The molecular weight excluding hydrogens is 264 g/mol. The highest BCUT2D eigenvalue weighted by Crippen LogP contribution is 2.47. The van der Waals surface area contributed by atoms with Crippen LogP contribution in [0.4, 0.5) is 0 Å². The largest absolute Gasteiger partial charge is 0.484 e. The number of thioether (sulfide) groups is 1. The van der Waals surface area contributed by atoms with E-state index in [4.69, 9.17) is 14.2 Å². The predicted octanol–water partition coefficient (Wildman–Crippen LogP) is 3.62. The van der Waals surface area contributed by atoms with Crippen LogP contribution in [0.2, 0.25) is 0 Å². The van der Waals surface area contributed by atoms with Gasteiger partial charge in [-0.05, 0) is 27.7 Å². The lowest BCUT2D eigenvalue weighted by molar-refractivity contribution is -0.132. The molecule has 1 aliphatic rings. The summed E-state index contributed by atoms with van der Waals surface area (Å²) in [5.41, 5.74) is -0.314. The van der Waals surface area contributed by atoms with Crippen molar-refractivity contribution >= 4 is 17.7 Å². The fraction of sp³-hybridized carbons (Fsp3) is 0.500. The first kappa shape index (κ1) is 14.1. The second-order valence-corrected chi connectivity index (χ2v) is 6.70. The van der Waals surface area contributed by atoms with Crippen molar-refractivity contribution in [3.05, 3.63) is 12.1 Å². The molecule has 0 N–H and O–H groups in total. The van der Waals surface area contributed by atoms with Gasteiger partial charge >= 0.3 is 5.97 Å². The standard InChI is InChI=1S/C14H18O4S/c1-8(15)16-10-7-13-12(17-9(2)19-13)6-11(10)18-14(3,4)5/h6-7,9H,1-5H3. The van der Waals surface area contributed by atoms with Crippen molar-refractivity contribution in [1.82, 2.24) is 0 Å². The SMILES string of the molecule is CC(=O)Oc1cc2c(cc1OC(C)(C)C)OC(C)S2. The van der Waals surface area contributed by atoms with Gasteiger partial charge in [-0.15, -0.1) is 0 Å². The summed E-state index contributed by atoms with van der Waals surface area (Å²) in [6.07, 6.45) is 0. The Labute approximate surface area is 117 Å². The van der Waals surface area contributed by atoms with Crippen LogP contribution in [0.3, 0.4) is 0 Å². The third-order valence-corrected chi connectivity index (χ3v) is 3.27. The van der Waals surface area contributed by atoms with Gasteiger partial charge in [-0.1, -0.05) is 11.8 Å². The number of carbonyl (C=O) groups is 1. The summed E-state index contributed by atoms with van der Waals surface area (Å²) in [6, 6.07) is 3.58. The summed E-state index contributed by atoms with van der Waals surface area (Å²) in [7, 11) is 0. The molecule has 0 bridgehead atoms. The Bertz CT molecular complexity index is 505. The maximum absolute atomic E-state index is 11.2. The fourth-order valence-corrected chi connectivity index (χ4v) is 2.64. The number of rotatable bonds is 2. The Morgan fingerprint density at radius 1 is 1.32 bits per heavy atom. The van der Waals surface area contributed by atoms with Crippen LogP contribution >= 0.6 is 11.8 Å². The molecule has 5 heteroatoms. The molecule has 0 aromatic heterocycles. The van der Waals surface area contributed by atoms with Crippen LogP contribution < -0.4 is 14.2 Å². The van der Waals surface area contributed by atoms with Gasteiger partial charge < -0.3 is 14.2 Å². The van der Waals surface area contributed by atoms with Gasteiger partial charge in [0, 0.05) is 19.1 Å². The zero-order valence-corrected chi connectivity index (χ0v) is 12.6. The smallest absolute Gasteiger partial charge is 0.308 e. The van der Waals surface area contributed by atoms with E-state index in [-0.39, 0.29) is 17.0 Å². The van der Waals surface area contributed by atoms with E-state index in [1.807, 2.05) is 27.7 Å². The molecule has 0 spiro atoms. The second kappa shape index (κ2) is 4.96. The lowest BCUT2D eigenvalue weighted by Gasteiger charge is -2.23. The summed E-state index contributed by atoms with van der Waals surface area (Å²) in [4.78, 5) is 12.1. The van der Waals surface area contributed by atoms with Crippen LogP contribution in [0.1, 0.15) is 34.6 Å². The quantitative estimate of drug-likeness (QED) is 0.612. The number of carbonyl (C=O) groups excluding carboxylic acids is 1. The van der Waals surface area contributed by atoms with Crippen molar-refractivity contribution in [1.29, 1.82) is 0 Å². The number of fused-ring (bicyclic) bond motifs is 1. The van der Waals surface area contributed by atoms with E-state index in [0.29, 0.717) is 11.5 Å². The van der Waals surface area contributed by atoms with Crippen molar-refractivity contribution in [3.63, 3.8) is 0 Å². The highest BCUT2D eigenvalue weighted by atomic mass is 32.2. The summed E-state index contributed by atoms with van der Waals surface area (Å²) < 4.78 is 16.7. The van der Waals surface area contributed by atoms with Gasteiger partial charge in [0.1, 0.15) is 16.8 Å². The van der Waals surface area contributed by atoms with Crippen LogP contribution in [0, 0.1) is 0 Å². The van der Waals surface area contributed by atoms with Crippen molar-refractivity contribution in [3.8, 4) is 17.2 Å². The van der Waals surface area contributed by atoms with E-state index in [2.05, 4.69) is 0 Å². The third kappa shape index (κ3) is 3.56. The molecule has 0 fully saturated rings. The zero-order chi connectivity index (χ0) is 14.2. The number of hydrogen-bond donors (Lipinski definition) is 0. The van der Waals surface area contributed by atoms with Crippen LogP contribution in [-0.4, -0.2) is 17.0 Å². The third-order valence-electron chi connectivity index (χ3n) is 2.27. The molecule has 1 atom stereocenters. The Hall–Kier alpha value is -1.36. The molecule has 1 aromatic rings. The summed E-state index contributed by atoms with van der Waals surface area (Å²) in [6.45, 7) is 9.17. The second-order valence-electron chi connectivity index (χ2n) is 5.36. The minimum absolute atomic E-state index is 0.0602. The first-order chi connectivity index (χ1) is 8.74. The summed E-state index contributed by atoms with van der Waals surface area (Å²) in [5.74, 6) is 1.37. The molecule has 2 rings (SSSR count). The molecule has 1 aromatic carbocycles. The molecule has 0 amide bonds. The summed E-state index contributed by atoms with van der Waals surface area (Å²) in [5, 5.41) is 0. The summed E-state index contributed by atoms with van der Waals surface area (Å²) >= 11 is 1.59. The first-order valence-corrected chi connectivity index (χ1v) is 7.01. The molecule has 0 saturated heterocycles. The Morgan fingerprint density at radius 3 is 2.58 bits per heavy atom. The number of esters is 1. The molecule has 0 radical (unpaired) electrons. The van der Waals surface area contributed by atoms with E-state index < -0.39 is 0 Å². The van der Waals surface area contributed by atoms with E-state index in [1.165, 1.54) is 6.92 Å². The molecule has 1 aliphatic heterocycles. The van der Waals surface area contributed by atoms with Crippen molar-refractivity contribution in [2.75, 3.05) is 0 Å². The van der Waals surface area contributed by atoms with Crippen molar-refractivity contribution in [2.45, 2.75) is 50.6 Å². The predicted molar refractivity (Wildman–Crippen MR) is 74.1 cm³/mol. The van der Waals surface area contributed by atoms with Gasteiger partial charge in [0.05, 0.1) is 4.90 Å². The molecule has 1 unspecified atom stereocenters. The molecule has 4 nitrogen and oxygen atoms in total. The van der Waals surface area contributed by atoms with Crippen LogP contribution in [-0.2, 0) is 4.79 Å². The van der Waals surface area contributed by atoms with E-state index in [1.54, 1.807) is 23.9 Å². The van der Waals surface area contributed by atoms with Crippen LogP contribution in [0.5, 0.6) is 17.2 Å². The highest BCUT2D eigenvalue weighted by Gasteiger charge is 2.25.